The number of benzene rings is 1. The van der Waals surface area contributed by atoms with Crippen LogP contribution in [0.5, 0.6) is 5.75 Å². The van der Waals surface area contributed by atoms with Crippen molar-refractivity contribution in [3.05, 3.63) is 35.5 Å². The average Bonchev–Trinajstić information content (AvgIpc) is 3.40. The van der Waals surface area contributed by atoms with Crippen molar-refractivity contribution in [2.45, 2.75) is 43.0 Å². The molecule has 4 rings (SSSR count). The van der Waals surface area contributed by atoms with Gasteiger partial charge in [-0.3, -0.25) is 10.1 Å². The number of sulfonamides is 1. The molecule has 1 amide bonds. The molecule has 1 aromatic carbocycles. The van der Waals surface area contributed by atoms with Crippen molar-refractivity contribution in [3.63, 3.8) is 0 Å². The van der Waals surface area contributed by atoms with Crippen LogP contribution in [-0.2, 0) is 27.7 Å². The number of anilines is 1. The molecule has 9 heteroatoms. The average molecular weight is 391 g/mol. The van der Waals surface area contributed by atoms with Gasteiger partial charge < -0.3 is 9.26 Å². The van der Waals surface area contributed by atoms with Crippen molar-refractivity contribution in [2.24, 2.45) is 0 Å². The molecule has 1 fully saturated rings. The molecule has 1 atom stereocenters. The molecular weight excluding hydrogens is 370 g/mol. The van der Waals surface area contributed by atoms with Gasteiger partial charge in [0.25, 0.3) is 0 Å². The van der Waals surface area contributed by atoms with Gasteiger partial charge in [0.2, 0.25) is 21.8 Å². The SMILES string of the molecule is COc1ccc(S(=O)(=O)N2CCCC2C(=O)Nc2onc3c2CCC3)cc1. The summed E-state index contributed by atoms with van der Waals surface area (Å²) in [5.41, 5.74) is 1.80. The second kappa shape index (κ2) is 6.97. The molecule has 1 aromatic heterocycles. The summed E-state index contributed by atoms with van der Waals surface area (Å²) in [7, 11) is -2.26. The van der Waals surface area contributed by atoms with E-state index in [2.05, 4.69) is 10.5 Å². The highest BCUT2D eigenvalue weighted by Crippen LogP contribution is 2.31. The Kier molecular flexibility index (Phi) is 4.65. The van der Waals surface area contributed by atoms with E-state index < -0.39 is 16.1 Å². The number of amides is 1. The summed E-state index contributed by atoms with van der Waals surface area (Å²) in [5, 5.41) is 6.72. The van der Waals surface area contributed by atoms with Crippen LogP contribution in [0.15, 0.2) is 33.7 Å². The Morgan fingerprint density at radius 3 is 2.78 bits per heavy atom. The van der Waals surface area contributed by atoms with E-state index in [0.29, 0.717) is 31.0 Å². The van der Waals surface area contributed by atoms with Crippen LogP contribution in [0, 0.1) is 0 Å². The van der Waals surface area contributed by atoms with E-state index in [9.17, 15) is 13.2 Å². The lowest BCUT2D eigenvalue weighted by atomic mass is 10.2. The first kappa shape index (κ1) is 18.0. The third-order valence-electron chi connectivity index (χ3n) is 5.12. The minimum atomic E-state index is -3.78. The molecule has 0 saturated carbocycles. The molecule has 0 bridgehead atoms. The summed E-state index contributed by atoms with van der Waals surface area (Å²) in [6.07, 6.45) is 3.74. The zero-order valence-electron chi connectivity index (χ0n) is 15.0. The van der Waals surface area contributed by atoms with Gasteiger partial charge in [-0.2, -0.15) is 4.31 Å². The van der Waals surface area contributed by atoms with E-state index in [1.807, 2.05) is 0 Å². The molecule has 0 radical (unpaired) electrons. The Bertz CT molecular complexity index is 952. The zero-order valence-corrected chi connectivity index (χ0v) is 15.8. The minimum Gasteiger partial charge on any atom is -0.497 e. The van der Waals surface area contributed by atoms with Crippen LogP contribution in [-0.4, -0.2) is 43.5 Å². The number of aryl methyl sites for hydroxylation is 1. The number of hydrogen-bond donors (Lipinski definition) is 1. The number of methoxy groups -OCH3 is 1. The molecule has 2 aliphatic rings. The first-order valence-corrected chi connectivity index (χ1v) is 10.4. The summed E-state index contributed by atoms with van der Waals surface area (Å²) in [6.45, 7) is 0.307. The number of carbonyl (C=O) groups is 1. The summed E-state index contributed by atoms with van der Waals surface area (Å²) in [5.74, 6) is 0.542. The van der Waals surface area contributed by atoms with Crippen molar-refractivity contribution < 1.29 is 22.5 Å². The predicted molar refractivity (Wildman–Crippen MR) is 97.1 cm³/mol. The quantitative estimate of drug-likeness (QED) is 0.836. The Morgan fingerprint density at radius 2 is 2.04 bits per heavy atom. The van der Waals surface area contributed by atoms with Gasteiger partial charge in [0.05, 0.1) is 17.7 Å². The lowest BCUT2D eigenvalue weighted by molar-refractivity contribution is -0.119. The van der Waals surface area contributed by atoms with Crippen LogP contribution in [0.4, 0.5) is 5.88 Å². The smallest absolute Gasteiger partial charge is 0.245 e. The Morgan fingerprint density at radius 1 is 1.26 bits per heavy atom. The van der Waals surface area contributed by atoms with Crippen LogP contribution in [0.25, 0.3) is 0 Å². The number of fused-ring (bicyclic) bond motifs is 1. The number of rotatable bonds is 5. The van der Waals surface area contributed by atoms with Crippen LogP contribution in [0.3, 0.4) is 0 Å². The molecule has 1 N–H and O–H groups in total. The monoisotopic (exact) mass is 391 g/mol. The van der Waals surface area contributed by atoms with Gasteiger partial charge in [-0.15, -0.1) is 0 Å². The molecule has 1 aliphatic heterocycles. The van der Waals surface area contributed by atoms with Gasteiger partial charge in [0.1, 0.15) is 11.8 Å². The van der Waals surface area contributed by atoms with Crippen LogP contribution >= 0.6 is 0 Å². The molecule has 144 valence electrons. The van der Waals surface area contributed by atoms with E-state index in [1.165, 1.54) is 23.5 Å². The first-order valence-electron chi connectivity index (χ1n) is 8.95. The van der Waals surface area contributed by atoms with E-state index in [-0.39, 0.29) is 10.8 Å². The van der Waals surface area contributed by atoms with Gasteiger partial charge >= 0.3 is 0 Å². The Hall–Kier alpha value is -2.39. The van der Waals surface area contributed by atoms with Gasteiger partial charge in [0, 0.05) is 12.1 Å². The zero-order chi connectivity index (χ0) is 19.0. The molecule has 1 unspecified atom stereocenters. The van der Waals surface area contributed by atoms with Crippen molar-refractivity contribution in [1.29, 1.82) is 0 Å². The fraction of sp³-hybridized carbons (Fsp3) is 0.444. The normalized spacial score (nSPS) is 19.8. The van der Waals surface area contributed by atoms with Crippen molar-refractivity contribution >= 4 is 21.8 Å². The minimum absolute atomic E-state index is 0.142. The molecule has 1 aliphatic carbocycles. The predicted octanol–water partition coefficient (Wildman–Crippen LogP) is 1.96. The maximum absolute atomic E-state index is 13.0. The first-order chi connectivity index (χ1) is 13.0. The fourth-order valence-electron chi connectivity index (χ4n) is 3.70. The molecule has 8 nitrogen and oxygen atoms in total. The number of nitrogens with one attached hydrogen (secondary N) is 1. The topological polar surface area (TPSA) is 102 Å². The Balaban J connectivity index is 1.54. The van der Waals surface area contributed by atoms with Crippen molar-refractivity contribution in [2.75, 3.05) is 19.0 Å². The van der Waals surface area contributed by atoms with E-state index in [4.69, 9.17) is 9.26 Å². The number of carbonyl (C=O) groups excluding carboxylic acids is 1. The second-order valence-corrected chi connectivity index (χ2v) is 8.62. The number of nitrogens with zero attached hydrogens (tertiary/aromatic N) is 2. The summed E-state index contributed by atoms with van der Waals surface area (Å²) < 4.78 is 37.6. The lowest BCUT2D eigenvalue weighted by Crippen LogP contribution is -2.43. The summed E-state index contributed by atoms with van der Waals surface area (Å²) in [4.78, 5) is 12.9. The fourth-order valence-corrected chi connectivity index (χ4v) is 5.35. The maximum Gasteiger partial charge on any atom is 0.245 e. The van der Waals surface area contributed by atoms with Gasteiger partial charge in [-0.05, 0) is 56.4 Å². The molecule has 1 saturated heterocycles. The second-order valence-electron chi connectivity index (χ2n) is 6.73. The molecule has 27 heavy (non-hydrogen) atoms. The van der Waals surface area contributed by atoms with E-state index >= 15 is 0 Å². The van der Waals surface area contributed by atoms with Gasteiger partial charge in [-0.25, -0.2) is 8.42 Å². The molecule has 2 heterocycles. The summed E-state index contributed by atoms with van der Waals surface area (Å²) >= 11 is 0. The van der Waals surface area contributed by atoms with E-state index in [0.717, 1.165) is 30.5 Å². The highest BCUT2D eigenvalue weighted by molar-refractivity contribution is 7.89. The molecule has 2 aromatic rings. The van der Waals surface area contributed by atoms with Crippen LogP contribution < -0.4 is 10.1 Å². The maximum atomic E-state index is 13.0. The highest BCUT2D eigenvalue weighted by atomic mass is 32.2. The standard InChI is InChI=1S/C18H21N3O5S/c1-25-12-7-9-13(10-8-12)27(23,24)21-11-3-6-16(21)17(22)19-18-14-4-2-5-15(14)20-26-18/h7-10,16H,2-6,11H2,1H3,(H,19,22). The number of ether oxygens (including phenoxy) is 1. The molecular formula is C18H21N3O5S. The summed E-state index contributed by atoms with van der Waals surface area (Å²) in [6, 6.07) is 5.40. The van der Waals surface area contributed by atoms with Crippen molar-refractivity contribution in [3.8, 4) is 5.75 Å². The highest BCUT2D eigenvalue weighted by Gasteiger charge is 2.40. The third-order valence-corrected chi connectivity index (χ3v) is 7.04. The largest absolute Gasteiger partial charge is 0.497 e. The molecule has 0 spiro atoms. The van der Waals surface area contributed by atoms with Crippen LogP contribution in [0.1, 0.15) is 30.5 Å². The third kappa shape index (κ3) is 3.21. The van der Waals surface area contributed by atoms with Crippen molar-refractivity contribution in [1.82, 2.24) is 9.46 Å². The number of hydrogen-bond acceptors (Lipinski definition) is 6. The van der Waals surface area contributed by atoms with Crippen LogP contribution in [0.2, 0.25) is 0 Å². The number of aromatic nitrogens is 1. The Labute approximate surface area is 157 Å². The van der Waals surface area contributed by atoms with E-state index in [1.54, 1.807) is 12.1 Å². The van der Waals surface area contributed by atoms with Gasteiger partial charge in [-0.1, -0.05) is 5.16 Å². The van der Waals surface area contributed by atoms with Gasteiger partial charge in [0.15, 0.2) is 0 Å². The lowest BCUT2D eigenvalue weighted by Gasteiger charge is -2.23.